The Hall–Kier alpha value is -2.20. The maximum absolute atomic E-state index is 6.16. The third kappa shape index (κ3) is 2.11. The van der Waals surface area contributed by atoms with E-state index in [1.54, 1.807) is 6.20 Å². The molecule has 1 aromatic carbocycles. The molecule has 0 fully saturated rings. The van der Waals surface area contributed by atoms with Gasteiger partial charge >= 0.3 is 0 Å². The first-order valence-corrected chi connectivity index (χ1v) is 6.35. The number of aromatic nitrogens is 3. The summed E-state index contributed by atoms with van der Waals surface area (Å²) in [5.74, 6) is 0. The third-order valence-corrected chi connectivity index (χ3v) is 3.27. The molecule has 0 amide bonds. The molecule has 2 aromatic heterocycles. The molecule has 0 radical (unpaired) electrons. The molecule has 0 aliphatic carbocycles. The average molecular weight is 252 g/mol. The van der Waals surface area contributed by atoms with Crippen molar-refractivity contribution in [1.82, 2.24) is 14.5 Å². The zero-order valence-corrected chi connectivity index (χ0v) is 10.8. The van der Waals surface area contributed by atoms with E-state index in [9.17, 15) is 0 Å². The normalized spacial score (nSPS) is 14.4. The van der Waals surface area contributed by atoms with E-state index >= 15 is 0 Å². The first-order valence-electron chi connectivity index (χ1n) is 6.35. The van der Waals surface area contributed by atoms with Gasteiger partial charge in [-0.2, -0.15) is 0 Å². The highest BCUT2D eigenvalue weighted by atomic mass is 15.1. The Kier molecular flexibility index (Phi) is 3.01. The number of benzene rings is 1. The predicted octanol–water partition coefficient (Wildman–Crippen LogP) is 2.37. The molecule has 0 aliphatic heterocycles. The lowest BCUT2D eigenvalue weighted by Gasteiger charge is -2.22. The molecule has 2 atom stereocenters. The van der Waals surface area contributed by atoms with E-state index in [0.29, 0.717) is 0 Å². The summed E-state index contributed by atoms with van der Waals surface area (Å²) in [6.07, 6.45) is 3.64. The van der Waals surface area contributed by atoms with Gasteiger partial charge in [0.05, 0.1) is 29.1 Å². The number of nitrogens with zero attached hydrogens (tertiary/aromatic N) is 3. The molecule has 4 nitrogen and oxygen atoms in total. The second-order valence-corrected chi connectivity index (χ2v) is 4.70. The van der Waals surface area contributed by atoms with Crippen LogP contribution in [0.2, 0.25) is 0 Å². The van der Waals surface area contributed by atoms with Gasteiger partial charge in [-0.05, 0) is 31.2 Å². The summed E-state index contributed by atoms with van der Waals surface area (Å²) in [6, 6.07) is 13.9. The number of imidazole rings is 1. The maximum Gasteiger partial charge on any atom is 0.0965 e. The Morgan fingerprint density at radius 1 is 1.05 bits per heavy atom. The van der Waals surface area contributed by atoms with Crippen LogP contribution in [-0.4, -0.2) is 20.6 Å². The van der Waals surface area contributed by atoms with Gasteiger partial charge in [-0.25, -0.2) is 4.98 Å². The van der Waals surface area contributed by atoms with Crippen LogP contribution >= 0.6 is 0 Å². The molecule has 2 unspecified atom stereocenters. The molecular formula is C15H16N4. The standard InChI is InChI=1S/C15H16N4/c1-11(16)15(13-7-4-5-9-17-13)19-10-18-12-6-2-3-8-14(12)19/h2-11,15H,16H2,1H3. The van der Waals surface area contributed by atoms with E-state index in [0.717, 1.165) is 16.7 Å². The molecule has 4 heteroatoms. The van der Waals surface area contributed by atoms with Crippen molar-refractivity contribution < 1.29 is 0 Å². The van der Waals surface area contributed by atoms with Crippen molar-refractivity contribution in [3.8, 4) is 0 Å². The second kappa shape index (κ2) is 4.82. The summed E-state index contributed by atoms with van der Waals surface area (Å²) in [6.45, 7) is 1.99. The van der Waals surface area contributed by atoms with Crippen LogP contribution in [0.25, 0.3) is 11.0 Å². The first kappa shape index (κ1) is 11.9. The molecule has 0 spiro atoms. The third-order valence-electron chi connectivity index (χ3n) is 3.27. The zero-order valence-electron chi connectivity index (χ0n) is 10.8. The van der Waals surface area contributed by atoms with Gasteiger partial charge in [-0.3, -0.25) is 4.98 Å². The minimum atomic E-state index is -0.0486. The van der Waals surface area contributed by atoms with Crippen molar-refractivity contribution in [3.63, 3.8) is 0 Å². The fraction of sp³-hybridized carbons (Fsp3) is 0.200. The van der Waals surface area contributed by atoms with Gasteiger partial charge in [0, 0.05) is 12.2 Å². The monoisotopic (exact) mass is 252 g/mol. The summed E-state index contributed by atoms with van der Waals surface area (Å²) in [4.78, 5) is 8.86. The molecular weight excluding hydrogens is 236 g/mol. The van der Waals surface area contributed by atoms with Crippen LogP contribution in [0, 0.1) is 0 Å². The highest BCUT2D eigenvalue weighted by Crippen LogP contribution is 2.24. The van der Waals surface area contributed by atoms with Gasteiger partial charge < -0.3 is 10.3 Å². The van der Waals surface area contributed by atoms with Crippen LogP contribution in [0.4, 0.5) is 0 Å². The van der Waals surface area contributed by atoms with Crippen LogP contribution < -0.4 is 5.73 Å². The second-order valence-electron chi connectivity index (χ2n) is 4.70. The van der Waals surface area contributed by atoms with Gasteiger partial charge in [-0.1, -0.05) is 18.2 Å². The number of para-hydroxylation sites is 2. The van der Waals surface area contributed by atoms with Crippen molar-refractivity contribution in [2.24, 2.45) is 5.73 Å². The topological polar surface area (TPSA) is 56.7 Å². The molecule has 2 heterocycles. The Bertz CT molecular complexity index is 673. The van der Waals surface area contributed by atoms with Gasteiger partial charge in [-0.15, -0.1) is 0 Å². The van der Waals surface area contributed by atoms with E-state index in [4.69, 9.17) is 5.73 Å². The largest absolute Gasteiger partial charge is 0.326 e. The lowest BCUT2D eigenvalue weighted by molar-refractivity contribution is 0.495. The van der Waals surface area contributed by atoms with Gasteiger partial charge in [0.15, 0.2) is 0 Å². The number of hydrogen-bond donors (Lipinski definition) is 1. The molecule has 0 saturated heterocycles. The van der Waals surface area contributed by atoms with Crippen molar-refractivity contribution in [2.45, 2.75) is 19.0 Å². The number of pyridine rings is 1. The molecule has 96 valence electrons. The highest BCUT2D eigenvalue weighted by molar-refractivity contribution is 5.75. The molecule has 0 aliphatic rings. The van der Waals surface area contributed by atoms with Gasteiger partial charge in [0.1, 0.15) is 0 Å². The van der Waals surface area contributed by atoms with E-state index in [2.05, 4.69) is 20.6 Å². The van der Waals surface area contributed by atoms with E-state index < -0.39 is 0 Å². The zero-order chi connectivity index (χ0) is 13.2. The summed E-state index contributed by atoms with van der Waals surface area (Å²) >= 11 is 0. The summed E-state index contributed by atoms with van der Waals surface area (Å²) in [5, 5.41) is 0. The quantitative estimate of drug-likeness (QED) is 0.778. The fourth-order valence-electron chi connectivity index (χ4n) is 2.42. The minimum Gasteiger partial charge on any atom is -0.326 e. The summed E-state index contributed by atoms with van der Waals surface area (Å²) in [5.41, 5.74) is 9.18. The van der Waals surface area contributed by atoms with Crippen molar-refractivity contribution >= 4 is 11.0 Å². The molecule has 3 aromatic rings. The van der Waals surface area contributed by atoms with E-state index in [-0.39, 0.29) is 12.1 Å². The minimum absolute atomic E-state index is 0.00593. The molecule has 0 saturated carbocycles. The average Bonchev–Trinajstić information content (AvgIpc) is 2.84. The van der Waals surface area contributed by atoms with E-state index in [1.807, 2.05) is 49.6 Å². The highest BCUT2D eigenvalue weighted by Gasteiger charge is 2.21. The summed E-state index contributed by atoms with van der Waals surface area (Å²) in [7, 11) is 0. The smallest absolute Gasteiger partial charge is 0.0965 e. The van der Waals surface area contributed by atoms with E-state index in [1.165, 1.54) is 0 Å². The van der Waals surface area contributed by atoms with Crippen LogP contribution in [0.5, 0.6) is 0 Å². The Balaban J connectivity index is 2.16. The maximum atomic E-state index is 6.16. The molecule has 0 bridgehead atoms. The number of nitrogens with two attached hydrogens (primary N) is 1. The Morgan fingerprint density at radius 3 is 2.58 bits per heavy atom. The summed E-state index contributed by atoms with van der Waals surface area (Å²) < 4.78 is 2.10. The lowest BCUT2D eigenvalue weighted by Crippen LogP contribution is -2.30. The van der Waals surface area contributed by atoms with Crippen molar-refractivity contribution in [3.05, 3.63) is 60.7 Å². The van der Waals surface area contributed by atoms with Crippen molar-refractivity contribution in [1.29, 1.82) is 0 Å². The molecule has 3 rings (SSSR count). The molecule has 19 heavy (non-hydrogen) atoms. The van der Waals surface area contributed by atoms with Crippen molar-refractivity contribution in [2.75, 3.05) is 0 Å². The first-order chi connectivity index (χ1) is 9.27. The number of hydrogen-bond acceptors (Lipinski definition) is 3. The Morgan fingerprint density at radius 2 is 1.84 bits per heavy atom. The van der Waals surface area contributed by atoms with Crippen LogP contribution in [-0.2, 0) is 0 Å². The van der Waals surface area contributed by atoms with Gasteiger partial charge in [0.2, 0.25) is 0 Å². The fourth-order valence-corrected chi connectivity index (χ4v) is 2.42. The Labute approximate surface area is 111 Å². The van der Waals surface area contributed by atoms with Crippen LogP contribution in [0.3, 0.4) is 0 Å². The SMILES string of the molecule is CC(N)C(c1ccccn1)n1cnc2ccccc21. The predicted molar refractivity (Wildman–Crippen MR) is 75.8 cm³/mol. The number of rotatable bonds is 3. The number of fused-ring (bicyclic) bond motifs is 1. The lowest BCUT2D eigenvalue weighted by atomic mass is 10.1. The van der Waals surface area contributed by atoms with Gasteiger partial charge in [0.25, 0.3) is 0 Å². The molecule has 2 N–H and O–H groups in total. The van der Waals surface area contributed by atoms with Crippen LogP contribution in [0.15, 0.2) is 55.0 Å². The van der Waals surface area contributed by atoms with Crippen LogP contribution in [0.1, 0.15) is 18.7 Å².